The molecule has 6 nitrogen and oxygen atoms in total. The van der Waals surface area contributed by atoms with Gasteiger partial charge in [0.25, 0.3) is 0 Å². The zero-order valence-corrected chi connectivity index (χ0v) is 28.7. The van der Waals surface area contributed by atoms with E-state index in [0.29, 0.717) is 23.2 Å². The van der Waals surface area contributed by atoms with Crippen LogP contribution in [0.5, 0.6) is 0 Å². The standard InChI is InChI=1S/C21H32FI3N6P.Tm/c1-7-8-15(27-13-21(22,24)25)18-29-16(11-17(30-18)31-19(2,3)4)28-14(9-10-26)12-32-20(5,6)23;/h7-11,13-14,32H,12,26H2,1-6H3,(H2,28,29,30,31);/q-1;/b8-7-,10-9-,27-15?;. The molecule has 0 saturated carbocycles. The molecule has 0 aliphatic heterocycles. The first-order valence-corrected chi connectivity index (χ1v) is 14.4. The number of nitrogens with zero attached hydrogens (tertiary/aromatic N) is 3. The van der Waals surface area contributed by atoms with Crippen LogP contribution in [0.15, 0.2) is 35.5 Å². The molecule has 12 heteroatoms. The van der Waals surface area contributed by atoms with E-state index in [0.717, 1.165) is 14.7 Å². The SMILES string of the molecule is C/C=C\C(=N[CH-]C(F)(I)I)c1nc(NC(/C=C\N)CPC(C)(C)I)cc(NC(C)(C)C)n1.[Tm]. The van der Waals surface area contributed by atoms with Crippen molar-refractivity contribution in [3.8, 4) is 0 Å². The molecule has 0 amide bonds. The van der Waals surface area contributed by atoms with Crippen LogP contribution in [-0.2, 0) is 0 Å². The second-order valence-electron chi connectivity index (χ2n) is 8.51. The van der Waals surface area contributed by atoms with Gasteiger partial charge in [-0.25, -0.2) is 14.4 Å². The Kier molecular flexibility index (Phi) is 16.1. The van der Waals surface area contributed by atoms with Crippen molar-refractivity contribution in [3.63, 3.8) is 0 Å². The summed E-state index contributed by atoms with van der Waals surface area (Å²) in [7, 11) is 0.733. The van der Waals surface area contributed by atoms with E-state index in [-0.39, 0.29) is 51.6 Å². The van der Waals surface area contributed by atoms with Gasteiger partial charge in [-0.15, -0.1) is 20.7 Å². The minimum atomic E-state index is -1.60. The van der Waals surface area contributed by atoms with Crippen LogP contribution < -0.4 is 16.4 Å². The van der Waals surface area contributed by atoms with Crippen molar-refractivity contribution in [2.75, 3.05) is 16.8 Å². The van der Waals surface area contributed by atoms with E-state index in [2.05, 4.69) is 82.8 Å². The van der Waals surface area contributed by atoms with Crippen molar-refractivity contribution in [3.05, 3.63) is 42.9 Å². The molecular formula is C21H32FI3N6PTm-. The molecule has 0 bridgehead atoms. The zero-order chi connectivity index (χ0) is 24.6. The van der Waals surface area contributed by atoms with Crippen molar-refractivity contribution in [1.29, 1.82) is 0 Å². The number of hydrogen-bond donors (Lipinski definition) is 3. The van der Waals surface area contributed by atoms with E-state index < -0.39 is 1.68 Å². The molecule has 33 heavy (non-hydrogen) atoms. The summed E-state index contributed by atoms with van der Waals surface area (Å²) in [5, 5.41) is 6.86. The number of alkyl halides is 4. The van der Waals surface area contributed by atoms with Crippen LogP contribution in [0.1, 0.15) is 47.4 Å². The summed E-state index contributed by atoms with van der Waals surface area (Å²) in [5.41, 5.74) is 5.98. The van der Waals surface area contributed by atoms with Crippen LogP contribution in [0, 0.1) is 43.4 Å². The first kappa shape index (κ1) is 34.3. The Balaban J connectivity index is 0.0000102. The third-order valence-corrected chi connectivity index (χ3v) is 6.74. The summed E-state index contributed by atoms with van der Waals surface area (Å²) in [6.07, 6.45) is 8.01. The maximum absolute atomic E-state index is 14.0. The summed E-state index contributed by atoms with van der Waals surface area (Å²) >= 11 is 5.82. The predicted molar refractivity (Wildman–Crippen MR) is 165 cm³/mol. The van der Waals surface area contributed by atoms with Gasteiger partial charge in [0.2, 0.25) is 0 Å². The van der Waals surface area contributed by atoms with Gasteiger partial charge < -0.3 is 21.4 Å². The molecule has 0 aliphatic carbocycles. The Hall–Kier alpha value is 1.28. The van der Waals surface area contributed by atoms with Gasteiger partial charge in [-0.2, -0.15) is 0 Å². The van der Waals surface area contributed by atoms with E-state index >= 15 is 0 Å². The van der Waals surface area contributed by atoms with Gasteiger partial charge in [-0.1, -0.05) is 29.1 Å². The maximum Gasteiger partial charge on any atom is 0.183 e. The first-order chi connectivity index (χ1) is 14.6. The molecule has 2 atom stereocenters. The quantitative estimate of drug-likeness (QED) is 0.0747. The molecule has 0 aromatic carbocycles. The Bertz CT molecular complexity index is 833. The molecule has 0 fully saturated rings. The number of nitrogens with two attached hydrogens (primary N) is 1. The third-order valence-electron chi connectivity index (χ3n) is 3.55. The van der Waals surface area contributed by atoms with Crippen molar-refractivity contribution in [2.45, 2.75) is 58.0 Å². The summed E-state index contributed by atoms with van der Waals surface area (Å²) in [6.45, 7) is 13.7. The Morgan fingerprint density at radius 1 is 1.24 bits per heavy atom. The second kappa shape index (κ2) is 15.5. The number of allylic oxidation sites excluding steroid dienone is 2. The van der Waals surface area contributed by atoms with E-state index in [9.17, 15) is 4.39 Å². The fourth-order valence-electron chi connectivity index (χ4n) is 2.40. The van der Waals surface area contributed by atoms with Crippen LogP contribution in [0.25, 0.3) is 0 Å². The molecule has 193 valence electrons. The average molecular weight is 968 g/mol. The van der Waals surface area contributed by atoms with Gasteiger partial charge in [0, 0.05) is 51.6 Å². The van der Waals surface area contributed by atoms with Crippen LogP contribution in [-0.4, -0.2) is 38.3 Å². The summed E-state index contributed by atoms with van der Waals surface area (Å²) in [6, 6.07) is 1.89. The largest absolute Gasteiger partial charge is 0.438 e. The van der Waals surface area contributed by atoms with Gasteiger partial charge in [-0.3, -0.25) is 0 Å². The summed E-state index contributed by atoms with van der Waals surface area (Å²) < 4.78 is 12.6. The van der Waals surface area contributed by atoms with E-state index in [1.54, 1.807) is 57.5 Å². The number of aromatic nitrogens is 2. The normalized spacial score (nSPS) is 14.7. The predicted octanol–water partition coefficient (Wildman–Crippen LogP) is 6.81. The molecule has 2 unspecified atom stereocenters. The summed E-state index contributed by atoms with van der Waals surface area (Å²) in [4.78, 5) is 13.6. The van der Waals surface area contributed by atoms with Crippen LogP contribution in [0.4, 0.5) is 16.0 Å². The Morgan fingerprint density at radius 2 is 1.85 bits per heavy atom. The number of halogens is 4. The Morgan fingerprint density at radius 3 is 2.33 bits per heavy atom. The van der Waals surface area contributed by atoms with Gasteiger partial charge in [0.1, 0.15) is 17.5 Å². The molecule has 1 heterocycles. The minimum Gasteiger partial charge on any atom is -0.438 e. The molecule has 1 rings (SSSR count). The molecule has 1 radical (unpaired) electrons. The van der Waals surface area contributed by atoms with E-state index in [4.69, 9.17) is 5.73 Å². The number of rotatable bonds is 11. The maximum atomic E-state index is 14.0. The fraction of sp³-hybridized carbons (Fsp3) is 0.524. The third kappa shape index (κ3) is 16.6. The molecular weight excluding hydrogens is 936 g/mol. The minimum absolute atomic E-state index is 0. The molecule has 4 N–H and O–H groups in total. The second-order valence-corrected chi connectivity index (χ2v) is 19.4. The molecule has 0 saturated heterocycles. The number of aliphatic imine (C=N–C) groups is 1. The van der Waals surface area contributed by atoms with Gasteiger partial charge >= 0.3 is 0 Å². The van der Waals surface area contributed by atoms with E-state index in [1.165, 1.54) is 6.54 Å². The monoisotopic (exact) mass is 968 g/mol. The Labute approximate surface area is 269 Å². The number of anilines is 2. The van der Waals surface area contributed by atoms with Crippen LogP contribution in [0.2, 0.25) is 0 Å². The zero-order valence-electron chi connectivity index (χ0n) is 19.5. The van der Waals surface area contributed by atoms with Crippen LogP contribution in [0.3, 0.4) is 0 Å². The molecule has 0 aliphatic rings. The van der Waals surface area contributed by atoms with E-state index in [1.807, 2.05) is 25.1 Å². The number of hydrogen-bond acceptors (Lipinski definition) is 6. The van der Waals surface area contributed by atoms with Crippen molar-refractivity contribution >= 4 is 93.7 Å². The summed E-state index contributed by atoms with van der Waals surface area (Å²) in [5.74, 6) is 1.71. The average Bonchev–Trinajstić information content (AvgIpc) is 2.60. The van der Waals surface area contributed by atoms with Gasteiger partial charge in [-0.05, 0) is 111 Å². The van der Waals surface area contributed by atoms with Crippen molar-refractivity contribution < 1.29 is 41.3 Å². The van der Waals surface area contributed by atoms with Gasteiger partial charge in [0.15, 0.2) is 1.68 Å². The fourth-order valence-corrected chi connectivity index (χ4v) is 4.29. The molecule has 1 aromatic rings. The van der Waals surface area contributed by atoms with Crippen molar-refractivity contribution in [2.24, 2.45) is 10.7 Å². The topological polar surface area (TPSA) is 88.2 Å². The van der Waals surface area contributed by atoms with Gasteiger partial charge in [0.05, 0.1) is 6.04 Å². The van der Waals surface area contributed by atoms with Crippen LogP contribution >= 0.6 is 76.4 Å². The molecule has 1 aromatic heterocycles. The smallest absolute Gasteiger partial charge is 0.183 e. The molecule has 0 spiro atoms. The van der Waals surface area contributed by atoms with Crippen molar-refractivity contribution in [1.82, 2.24) is 9.97 Å². The number of nitrogens with one attached hydrogen (secondary N) is 2. The first-order valence-electron chi connectivity index (χ1n) is 10.00.